The lowest BCUT2D eigenvalue weighted by atomic mass is 10.0. The first-order chi connectivity index (χ1) is 20.5. The summed E-state index contributed by atoms with van der Waals surface area (Å²) in [5, 5.41) is 10.9. The number of nitrogens with zero attached hydrogens (tertiary/aromatic N) is 1. The zero-order chi connectivity index (χ0) is 32.3. The number of halogens is 10. The molecule has 0 radical (unpaired) electrons. The van der Waals surface area contributed by atoms with Crippen molar-refractivity contribution in [3.05, 3.63) is 119 Å². The molecule has 0 heterocycles. The first kappa shape index (κ1) is 32.5. The normalized spacial score (nSPS) is 13.0. The predicted molar refractivity (Wildman–Crippen MR) is 138 cm³/mol. The summed E-state index contributed by atoms with van der Waals surface area (Å²) in [5.41, 5.74) is -3.00. The molecule has 44 heavy (non-hydrogen) atoms. The smallest absolute Gasteiger partial charge is 0.457 e. The molecule has 4 aromatic rings. The van der Waals surface area contributed by atoms with Gasteiger partial charge >= 0.3 is 18.7 Å². The van der Waals surface area contributed by atoms with E-state index in [-0.39, 0.29) is 28.8 Å². The standard InChI is InChI=1S/C30H21F10NO3/c31-26-13-19(28(32,33)34)12-11-18(26)16-41(17-27(42)24-9-1-2-10-25(24)29(35,36)37)20-5-3-6-21(14-20)43-22-7-4-8-23(15-22)44-30(38,39)40/h1-15,27,42H,16-17H2. The molecule has 0 aromatic heterocycles. The lowest BCUT2D eigenvalue weighted by Crippen LogP contribution is -2.29. The molecule has 0 aliphatic rings. The molecule has 1 unspecified atom stereocenters. The van der Waals surface area contributed by atoms with Gasteiger partial charge in [0, 0.05) is 36.5 Å². The summed E-state index contributed by atoms with van der Waals surface area (Å²) in [4.78, 5) is 1.22. The number of ether oxygens (including phenoxy) is 2. The number of aliphatic hydroxyl groups excluding tert-OH is 1. The van der Waals surface area contributed by atoms with Gasteiger partial charge in [-0.15, -0.1) is 13.2 Å². The van der Waals surface area contributed by atoms with E-state index in [4.69, 9.17) is 4.74 Å². The highest BCUT2D eigenvalue weighted by Crippen LogP contribution is 2.37. The van der Waals surface area contributed by atoms with Crippen molar-refractivity contribution >= 4 is 5.69 Å². The van der Waals surface area contributed by atoms with Crippen molar-refractivity contribution < 1.29 is 58.5 Å². The largest absolute Gasteiger partial charge is 0.573 e. The van der Waals surface area contributed by atoms with Crippen molar-refractivity contribution in [3.8, 4) is 17.2 Å². The molecule has 1 atom stereocenters. The van der Waals surface area contributed by atoms with Crippen molar-refractivity contribution in [2.45, 2.75) is 31.4 Å². The molecule has 0 amide bonds. The summed E-state index contributed by atoms with van der Waals surface area (Å²) >= 11 is 0. The molecule has 4 rings (SSSR count). The summed E-state index contributed by atoms with van der Waals surface area (Å²) in [6.45, 7) is -1.07. The van der Waals surface area contributed by atoms with Crippen LogP contribution in [0.25, 0.3) is 0 Å². The number of aliphatic hydroxyl groups is 1. The van der Waals surface area contributed by atoms with Crippen LogP contribution in [0.5, 0.6) is 17.2 Å². The van der Waals surface area contributed by atoms with E-state index in [2.05, 4.69) is 4.74 Å². The van der Waals surface area contributed by atoms with Crippen LogP contribution in [0.3, 0.4) is 0 Å². The zero-order valence-electron chi connectivity index (χ0n) is 22.1. The Morgan fingerprint density at radius 2 is 1.32 bits per heavy atom. The Morgan fingerprint density at radius 3 is 1.95 bits per heavy atom. The third-order valence-electron chi connectivity index (χ3n) is 6.22. The third kappa shape index (κ3) is 8.56. The van der Waals surface area contributed by atoms with Crippen molar-refractivity contribution in [2.24, 2.45) is 0 Å². The van der Waals surface area contributed by atoms with E-state index in [0.717, 1.165) is 36.4 Å². The summed E-state index contributed by atoms with van der Waals surface area (Å²) in [6, 6.07) is 16.1. The van der Waals surface area contributed by atoms with Gasteiger partial charge in [-0.2, -0.15) is 26.3 Å². The molecular formula is C30H21F10NO3. The number of hydrogen-bond donors (Lipinski definition) is 1. The van der Waals surface area contributed by atoms with E-state index in [1.54, 1.807) is 0 Å². The molecule has 0 aliphatic carbocycles. The van der Waals surface area contributed by atoms with Gasteiger partial charge in [-0.25, -0.2) is 4.39 Å². The van der Waals surface area contributed by atoms with Crippen molar-refractivity contribution in [1.29, 1.82) is 0 Å². The van der Waals surface area contributed by atoms with E-state index in [1.165, 1.54) is 47.4 Å². The highest BCUT2D eigenvalue weighted by Gasteiger charge is 2.35. The Kier molecular flexibility index (Phi) is 9.33. The fourth-order valence-corrected chi connectivity index (χ4v) is 4.29. The van der Waals surface area contributed by atoms with E-state index in [1.807, 2.05) is 0 Å². The Morgan fingerprint density at radius 1 is 0.682 bits per heavy atom. The average Bonchev–Trinajstić information content (AvgIpc) is 2.92. The van der Waals surface area contributed by atoms with Gasteiger partial charge in [0.15, 0.2) is 0 Å². The van der Waals surface area contributed by atoms with Crippen molar-refractivity contribution in [1.82, 2.24) is 0 Å². The van der Waals surface area contributed by atoms with Crippen LogP contribution in [0.1, 0.15) is 28.4 Å². The minimum atomic E-state index is -4.96. The number of anilines is 1. The summed E-state index contributed by atoms with van der Waals surface area (Å²) in [5.74, 6) is -1.88. The van der Waals surface area contributed by atoms with Crippen LogP contribution in [-0.2, 0) is 18.9 Å². The van der Waals surface area contributed by atoms with Gasteiger partial charge in [-0.3, -0.25) is 0 Å². The molecule has 234 valence electrons. The number of alkyl halides is 9. The van der Waals surface area contributed by atoms with Gasteiger partial charge in [-0.1, -0.05) is 36.4 Å². The van der Waals surface area contributed by atoms with Crippen LogP contribution in [-0.4, -0.2) is 18.0 Å². The Bertz CT molecular complexity index is 1580. The Labute approximate surface area is 243 Å². The molecule has 1 N–H and O–H groups in total. The lowest BCUT2D eigenvalue weighted by molar-refractivity contribution is -0.274. The topological polar surface area (TPSA) is 41.9 Å². The number of hydrogen-bond acceptors (Lipinski definition) is 4. The molecule has 0 spiro atoms. The molecule has 4 aromatic carbocycles. The van der Waals surface area contributed by atoms with Gasteiger partial charge in [0.1, 0.15) is 23.1 Å². The van der Waals surface area contributed by atoms with E-state index < -0.39 is 66.2 Å². The van der Waals surface area contributed by atoms with E-state index in [9.17, 15) is 49.0 Å². The SMILES string of the molecule is OC(CN(Cc1ccc(C(F)(F)F)cc1F)c1cccc(Oc2cccc(OC(F)(F)F)c2)c1)c1ccccc1C(F)(F)F. The highest BCUT2D eigenvalue weighted by atomic mass is 19.4. The first-order valence-electron chi connectivity index (χ1n) is 12.6. The quantitative estimate of drug-likeness (QED) is 0.187. The Balaban J connectivity index is 1.68. The molecule has 0 bridgehead atoms. The van der Waals surface area contributed by atoms with Gasteiger partial charge in [0.2, 0.25) is 0 Å². The molecule has 0 saturated carbocycles. The third-order valence-corrected chi connectivity index (χ3v) is 6.22. The summed E-state index contributed by atoms with van der Waals surface area (Å²) in [7, 11) is 0. The van der Waals surface area contributed by atoms with Crippen molar-refractivity contribution in [3.63, 3.8) is 0 Å². The minimum Gasteiger partial charge on any atom is -0.457 e. The van der Waals surface area contributed by atoms with Gasteiger partial charge in [0.05, 0.1) is 17.2 Å². The molecule has 0 aliphatic heterocycles. The number of benzene rings is 4. The van der Waals surface area contributed by atoms with Crippen LogP contribution in [0.15, 0.2) is 91.0 Å². The maximum Gasteiger partial charge on any atom is 0.573 e. The van der Waals surface area contributed by atoms with Gasteiger partial charge in [-0.05, 0) is 48.0 Å². The minimum absolute atomic E-state index is 0.0229. The van der Waals surface area contributed by atoms with Crippen molar-refractivity contribution in [2.75, 3.05) is 11.4 Å². The molecule has 14 heteroatoms. The van der Waals surface area contributed by atoms with Crippen LogP contribution in [0.4, 0.5) is 49.6 Å². The fraction of sp³-hybridized carbons (Fsp3) is 0.200. The monoisotopic (exact) mass is 633 g/mol. The fourth-order valence-electron chi connectivity index (χ4n) is 4.29. The second-order valence-corrected chi connectivity index (χ2v) is 9.41. The highest BCUT2D eigenvalue weighted by molar-refractivity contribution is 5.53. The second-order valence-electron chi connectivity index (χ2n) is 9.41. The molecule has 0 saturated heterocycles. The summed E-state index contributed by atoms with van der Waals surface area (Å²) < 4.78 is 142. The van der Waals surface area contributed by atoms with Gasteiger partial charge < -0.3 is 19.5 Å². The maximum absolute atomic E-state index is 14.8. The van der Waals surface area contributed by atoms with Gasteiger partial charge in [0.25, 0.3) is 0 Å². The second kappa shape index (κ2) is 12.6. The molecule has 0 fully saturated rings. The lowest BCUT2D eigenvalue weighted by Gasteiger charge is -2.29. The maximum atomic E-state index is 14.8. The van der Waals surface area contributed by atoms with E-state index >= 15 is 0 Å². The predicted octanol–water partition coefficient (Wildman–Crippen LogP) is 9.29. The molecule has 4 nitrogen and oxygen atoms in total. The Hall–Kier alpha value is -4.46. The summed E-state index contributed by atoms with van der Waals surface area (Å²) in [6.07, 6.45) is -16.4. The van der Waals surface area contributed by atoms with E-state index in [0.29, 0.717) is 6.07 Å². The first-order valence-corrected chi connectivity index (χ1v) is 12.6. The van der Waals surface area contributed by atoms with Crippen LogP contribution >= 0.6 is 0 Å². The molecular weight excluding hydrogens is 612 g/mol. The zero-order valence-corrected chi connectivity index (χ0v) is 22.1. The number of rotatable bonds is 9. The van der Waals surface area contributed by atoms with Crippen LogP contribution in [0.2, 0.25) is 0 Å². The van der Waals surface area contributed by atoms with Crippen LogP contribution in [0, 0.1) is 5.82 Å². The average molecular weight is 633 g/mol. The van der Waals surface area contributed by atoms with Crippen LogP contribution < -0.4 is 14.4 Å².